The van der Waals surface area contributed by atoms with E-state index < -0.39 is 11.6 Å². The van der Waals surface area contributed by atoms with Gasteiger partial charge in [-0.15, -0.1) is 45.3 Å². The van der Waals surface area contributed by atoms with Crippen molar-refractivity contribution in [3.8, 4) is 139 Å². The van der Waals surface area contributed by atoms with Crippen LogP contribution >= 0.6 is 68.0 Å². The lowest BCUT2D eigenvalue weighted by Crippen LogP contribution is -3.00. The van der Waals surface area contributed by atoms with E-state index in [2.05, 4.69) is 186 Å². The third-order valence-electron chi connectivity index (χ3n) is 18.9. The Morgan fingerprint density at radius 2 is 0.766 bits per heavy atom. The number of ether oxygens (including phenoxy) is 1. The fraction of sp³-hybridized carbons (Fsp3) is 0.103. The van der Waals surface area contributed by atoms with Crippen LogP contribution in [0.15, 0.2) is 264 Å². The number of H-pyrrole nitrogens is 4. The molecule has 0 atom stereocenters. The van der Waals surface area contributed by atoms with Gasteiger partial charge in [0.05, 0.1) is 83.3 Å². The maximum Gasteiger partial charge on any atom is 0.266 e. The fourth-order valence-corrected chi connectivity index (χ4v) is 15.4. The average molecular weight is 2000 g/mol. The molecule has 0 amide bonds. The smallest absolute Gasteiger partial charge is 0.266 e. The number of nitrogens with zero attached hydrogens (tertiary/aromatic N) is 11. The summed E-state index contributed by atoms with van der Waals surface area (Å²) in [6.45, 7) is 17.7. The van der Waals surface area contributed by atoms with E-state index in [-0.39, 0.29) is 61.3 Å². The zero-order valence-corrected chi connectivity index (χ0v) is 83.1. The lowest BCUT2D eigenvalue weighted by molar-refractivity contribution is -0.383. The normalized spacial score (nSPS) is 9.71. The molecule has 16 nitrogen and oxygen atoms in total. The first kappa shape index (κ1) is 106. The number of aromatic amines is 4. The average Bonchev–Trinajstić information content (AvgIpc) is 1.36. The number of hydrogen-bond donors (Lipinski definition) is 0. The van der Waals surface area contributed by atoms with Gasteiger partial charge in [0.1, 0.15) is 51.8 Å². The summed E-state index contributed by atoms with van der Waals surface area (Å²) in [5.74, 6) is 36.8. The van der Waals surface area contributed by atoms with Gasteiger partial charge in [0.25, 0.3) is 11.4 Å². The van der Waals surface area contributed by atoms with Gasteiger partial charge in [0, 0.05) is 142 Å². The fourth-order valence-electron chi connectivity index (χ4n) is 12.0. The molecule has 0 fully saturated rings. The zero-order chi connectivity index (χ0) is 93.5. The molecule has 5 aromatic carbocycles. The molecule has 0 aliphatic rings. The summed E-state index contributed by atoms with van der Waals surface area (Å²) in [5.41, 5.74) is 21.3. The number of pyridine rings is 7. The minimum atomic E-state index is -0.887. The number of halogens is 8. The van der Waals surface area contributed by atoms with Gasteiger partial charge in [-0.3, -0.25) is 15.0 Å². The Bertz CT molecular complexity index is 7310. The first-order chi connectivity index (χ1) is 64.5. The Morgan fingerprint density at radius 1 is 0.343 bits per heavy atom. The Morgan fingerprint density at radius 3 is 1.18 bits per heavy atom. The van der Waals surface area contributed by atoms with Gasteiger partial charge in [-0.05, 0) is 235 Å². The number of benzene rings is 5. The number of nitrogens with one attached hydrogen (secondary N) is 4. The Hall–Kier alpha value is -14.7. The van der Waals surface area contributed by atoms with E-state index in [4.69, 9.17) is 10.00 Å². The molecule has 0 saturated carbocycles. The molecule has 0 aliphatic heterocycles. The van der Waals surface area contributed by atoms with Crippen LogP contribution in [-0.2, 0) is 0 Å². The van der Waals surface area contributed by atoms with Crippen molar-refractivity contribution in [3.63, 3.8) is 0 Å². The molecule has 682 valence electrons. The Kier molecular flexibility index (Phi) is 40.8. The van der Waals surface area contributed by atoms with Crippen molar-refractivity contribution in [2.75, 3.05) is 19.1 Å². The molecule has 18 rings (SSSR count). The van der Waals surface area contributed by atoms with E-state index in [1.165, 1.54) is 52.0 Å². The summed E-state index contributed by atoms with van der Waals surface area (Å²) < 4.78 is 58.8. The van der Waals surface area contributed by atoms with Crippen molar-refractivity contribution in [2.45, 2.75) is 62.3 Å². The van der Waals surface area contributed by atoms with E-state index in [0.29, 0.717) is 33.6 Å². The third kappa shape index (κ3) is 32.2. The number of methoxy groups -OCH3 is 1. The monoisotopic (exact) mass is 2000 g/mol. The van der Waals surface area contributed by atoms with Crippen LogP contribution in [0.4, 0.5) is 29.2 Å². The molecule has 13 heterocycles. The van der Waals surface area contributed by atoms with Gasteiger partial charge < -0.3 is 59.3 Å². The molecular formula is C107H81Cl4F4N15OS6. The second kappa shape index (κ2) is 52.8. The highest BCUT2D eigenvalue weighted by atomic mass is 35.5. The second-order valence-corrected chi connectivity index (χ2v) is 35.5. The maximum atomic E-state index is 13.9. The Balaban J connectivity index is 0.000000183. The van der Waals surface area contributed by atoms with E-state index in [1.54, 1.807) is 156 Å². The molecule has 0 saturated heterocycles. The summed E-state index contributed by atoms with van der Waals surface area (Å²) >= 11 is 9.62. The zero-order valence-electron chi connectivity index (χ0n) is 75.2. The van der Waals surface area contributed by atoms with E-state index in [1.807, 2.05) is 171 Å². The highest BCUT2D eigenvalue weighted by molar-refractivity contribution is 7.10. The molecule has 137 heavy (non-hydrogen) atoms. The van der Waals surface area contributed by atoms with E-state index in [0.717, 1.165) is 150 Å². The molecule has 0 unspecified atom stereocenters. The predicted octanol–water partition coefficient (Wildman–Crippen LogP) is 10.0. The first-order valence-electron chi connectivity index (χ1n) is 40.9. The number of thiazole rings is 6. The van der Waals surface area contributed by atoms with Gasteiger partial charge in [0.2, 0.25) is 21.4 Å². The lowest BCUT2D eigenvalue weighted by atomic mass is 10.1. The maximum absolute atomic E-state index is 13.9. The highest BCUT2D eigenvalue weighted by Gasteiger charge is 2.16. The van der Waals surface area contributed by atoms with Crippen LogP contribution in [0.25, 0.3) is 56.3 Å². The van der Waals surface area contributed by atoms with Crippen LogP contribution in [0.3, 0.4) is 0 Å². The van der Waals surface area contributed by atoms with Gasteiger partial charge in [-0.1, -0.05) is 87.7 Å². The van der Waals surface area contributed by atoms with E-state index >= 15 is 0 Å². The van der Waals surface area contributed by atoms with Crippen molar-refractivity contribution >= 4 is 79.7 Å². The number of nitriles is 1. The first-order valence-corrected chi connectivity index (χ1v) is 46.2. The van der Waals surface area contributed by atoms with Gasteiger partial charge in [-0.2, -0.15) is 15.2 Å². The van der Waals surface area contributed by atoms with Crippen molar-refractivity contribution in [3.05, 3.63) is 407 Å². The largest absolute Gasteiger partial charge is 1.00 e. The van der Waals surface area contributed by atoms with Crippen LogP contribution in [0.2, 0.25) is 0 Å². The van der Waals surface area contributed by atoms with Crippen molar-refractivity contribution in [1.82, 2.24) is 44.9 Å². The number of aryl methyl sites for hydroxylation is 9. The predicted molar refractivity (Wildman–Crippen MR) is 522 cm³/mol. The van der Waals surface area contributed by atoms with Crippen LogP contribution < -0.4 is 79.2 Å². The molecular weight excluding hydrogens is 1920 g/mol. The summed E-state index contributed by atoms with van der Waals surface area (Å²) in [5, 5.41) is 26.9. The number of rotatable bonds is 8. The number of aromatic nitrogens is 13. The van der Waals surface area contributed by atoms with Crippen LogP contribution in [0, 0.1) is 168 Å². The standard InChI is InChI=1S/C19H16N2OS.C18H10FN3S.C18H13FN2S.C18H14N2S.C17H10F2N2S.C17H14N4S.4ClH/c1-13-4-9-19(22-3)17(10-13)18-8-6-15(11-20-18)5-7-16-12-23-14(2)21-16;1-12-22-15(11-23-12)5-2-13-4-7-18(21-10-13)16-8-14(9-20)3-6-17(16)19;1-12-9-15(5-7-17(12)19)18-8-4-14(10-20-18)3-6-16-11-22-13(2)21-16;1-13-3-7-16(8-4-13)18-10-6-15(11-19-18)5-9-17-12-21-14(2)20-17;1-11-21-14(10-22-11)5-2-12-3-7-17(20-9-12)13-4-6-15(18)16(19)8-13;1-13-20-15(12-22-13)8-6-14-7-9-17(19-11-14)21(2)16-5-3-4-10-18-16;;;;/h4,6,8-12H,1-3H3;3-4,6-8,10-11H,1H3;4-5,7-11H,1-2H3;3-4,6-8,10-12H,1-2H3;3-4,6-10H,1H3;3-5,7,9-12H,1-2H3;4*1H. The summed E-state index contributed by atoms with van der Waals surface area (Å²) in [6.07, 6.45) is 12.3. The van der Waals surface area contributed by atoms with Crippen LogP contribution in [0.1, 0.15) is 120 Å². The topological polar surface area (TPSA) is 209 Å². The second-order valence-electron chi connectivity index (χ2n) is 29.1. The van der Waals surface area contributed by atoms with Gasteiger partial charge >= 0.3 is 0 Å². The van der Waals surface area contributed by atoms with Crippen molar-refractivity contribution < 1.29 is 91.9 Å². The molecule has 0 spiro atoms. The van der Waals surface area contributed by atoms with Crippen LogP contribution in [0.5, 0.6) is 5.75 Å². The summed E-state index contributed by atoms with van der Waals surface area (Å²) in [7, 11) is 3.61. The molecule has 30 heteroatoms. The quantitative estimate of drug-likeness (QED) is 0.103. The van der Waals surface area contributed by atoms with Crippen LogP contribution in [-0.4, -0.2) is 59.0 Å². The molecule has 18 aromatic rings. The molecule has 0 bridgehead atoms. The molecule has 0 aliphatic carbocycles. The molecule has 13 aromatic heterocycles. The van der Waals surface area contributed by atoms with Crippen molar-refractivity contribution in [1.29, 1.82) is 5.26 Å². The van der Waals surface area contributed by atoms with Gasteiger partial charge in [-0.25, -0.2) is 57.4 Å². The van der Waals surface area contributed by atoms with E-state index in [9.17, 15) is 17.6 Å². The molecule has 4 N–H and O–H groups in total. The summed E-state index contributed by atoms with van der Waals surface area (Å²) in [4.78, 5) is 53.7. The SMILES string of the molecule is COc1ccc(C)cc1-c1ccc(C#Cc2csc(C)n2)cn1.Cc1[nH+]c(C#Cc2ccc(N(C)c3ccccn3)nc2)cs1.Cc1ccc(-c2ccc(C#Cc3csc(C)[nH+]3)c[nH+]2)cc1.Cc1nc(C#Cc2ccc(-c3cc(C#N)ccc3F)[nH+]c2)cs1.Cc1nc(C#Cc2ccc(-c3ccc(F)c(C)c3)nc2)cs1.Cc1nc(C#Cc2ccc(-c3ccc(F)c(F)c3)nc2)cs1.[Cl-].[Cl-].[Cl-].[Cl-]. The Labute approximate surface area is 841 Å². The number of anilines is 2. The highest BCUT2D eigenvalue weighted by Crippen LogP contribution is 2.31. The minimum Gasteiger partial charge on any atom is -1.00 e. The summed E-state index contributed by atoms with van der Waals surface area (Å²) in [6, 6.07) is 58.1. The van der Waals surface area contributed by atoms with Gasteiger partial charge in [0.15, 0.2) is 24.0 Å². The third-order valence-corrected chi connectivity index (χ3v) is 23.6. The molecule has 0 radical (unpaired) electrons. The lowest BCUT2D eigenvalue weighted by Gasteiger charge is -2.16. The minimum absolute atomic E-state index is 0. The number of hydrogen-bond acceptors (Lipinski definition) is 18. The van der Waals surface area contributed by atoms with Crippen molar-refractivity contribution in [2.24, 2.45) is 0 Å².